The van der Waals surface area contributed by atoms with Gasteiger partial charge in [-0.25, -0.2) is 4.98 Å². The van der Waals surface area contributed by atoms with Crippen LogP contribution >= 0.6 is 0 Å². The van der Waals surface area contributed by atoms with Crippen molar-refractivity contribution in [3.8, 4) is 17.2 Å². The van der Waals surface area contributed by atoms with E-state index in [4.69, 9.17) is 14.2 Å². The van der Waals surface area contributed by atoms with Crippen LogP contribution in [-0.2, 0) is 9.59 Å². The smallest absolute Gasteiger partial charge is 0.255 e. The Balaban J connectivity index is 1.65. The summed E-state index contributed by atoms with van der Waals surface area (Å²) in [6, 6.07) is 17.3. The van der Waals surface area contributed by atoms with Gasteiger partial charge in [0.25, 0.3) is 5.91 Å². The molecule has 0 radical (unpaired) electrons. The Hall–Kier alpha value is -4.59. The average molecular weight is 540 g/mol. The molecule has 2 heterocycles. The first-order valence-electron chi connectivity index (χ1n) is 13.2. The van der Waals surface area contributed by atoms with Crippen molar-refractivity contribution in [2.45, 2.75) is 38.5 Å². The summed E-state index contributed by atoms with van der Waals surface area (Å²) in [5, 5.41) is 6.35. The molecule has 8 heteroatoms. The Labute approximate surface area is 234 Å². The summed E-state index contributed by atoms with van der Waals surface area (Å²) in [7, 11) is 4.62. The number of aryl methyl sites for hydroxylation is 1. The molecule has 1 aliphatic carbocycles. The van der Waals surface area contributed by atoms with Crippen molar-refractivity contribution in [3.63, 3.8) is 0 Å². The molecule has 2 N–H and O–H groups in total. The number of nitrogens with zero attached hydrogens (tertiary/aromatic N) is 1. The van der Waals surface area contributed by atoms with Gasteiger partial charge in [0.1, 0.15) is 5.82 Å². The number of ketones is 1. The maximum Gasteiger partial charge on any atom is 0.255 e. The molecule has 1 amide bonds. The van der Waals surface area contributed by atoms with Crippen LogP contribution in [-0.4, -0.2) is 38.0 Å². The number of nitrogens with one attached hydrogen (secondary N) is 2. The second-order valence-electron chi connectivity index (χ2n) is 10.0. The van der Waals surface area contributed by atoms with Crippen LogP contribution in [0.15, 0.2) is 83.3 Å². The summed E-state index contributed by atoms with van der Waals surface area (Å²) in [5.74, 6) is 0.682. The van der Waals surface area contributed by atoms with E-state index in [-0.39, 0.29) is 17.6 Å². The highest BCUT2D eigenvalue weighted by molar-refractivity contribution is 6.10. The number of carbonyl (C=O) groups excluding carboxylic acids is 2. The molecule has 2 aromatic carbocycles. The van der Waals surface area contributed by atoms with Crippen molar-refractivity contribution in [1.29, 1.82) is 0 Å². The SMILES string of the molecule is COc1ccc(C2C(C(=O)Nc3ccc(C)cn3)=C(C)NC3=C2C(=O)CC(c2ccccc2)C3)c(OC)c1OC. The third-order valence-electron chi connectivity index (χ3n) is 7.54. The van der Waals surface area contributed by atoms with Gasteiger partial charge < -0.3 is 24.8 Å². The van der Waals surface area contributed by atoms with Crippen LogP contribution in [0.25, 0.3) is 0 Å². The molecule has 2 unspecified atom stereocenters. The van der Waals surface area contributed by atoms with Crippen molar-refractivity contribution in [2.75, 3.05) is 26.6 Å². The molecule has 3 aromatic rings. The number of methoxy groups -OCH3 is 3. The fraction of sp³-hybridized carbons (Fsp3) is 0.281. The van der Waals surface area contributed by atoms with Crippen LogP contribution in [0.3, 0.4) is 0 Å². The second kappa shape index (κ2) is 11.3. The lowest BCUT2D eigenvalue weighted by molar-refractivity contribution is -0.116. The minimum Gasteiger partial charge on any atom is -0.493 e. The lowest BCUT2D eigenvalue weighted by Gasteiger charge is -2.37. The molecule has 206 valence electrons. The number of rotatable bonds is 7. The molecule has 5 rings (SSSR count). The minimum absolute atomic E-state index is 0.0179. The zero-order valence-corrected chi connectivity index (χ0v) is 23.3. The Morgan fingerprint density at radius 2 is 1.68 bits per heavy atom. The summed E-state index contributed by atoms with van der Waals surface area (Å²) < 4.78 is 17.0. The van der Waals surface area contributed by atoms with Crippen molar-refractivity contribution < 1.29 is 23.8 Å². The molecule has 2 aliphatic rings. The molecule has 8 nitrogen and oxygen atoms in total. The van der Waals surface area contributed by atoms with E-state index in [0.717, 1.165) is 16.8 Å². The summed E-state index contributed by atoms with van der Waals surface area (Å²) in [6.45, 7) is 3.79. The zero-order valence-electron chi connectivity index (χ0n) is 23.3. The number of amides is 1. The van der Waals surface area contributed by atoms with E-state index >= 15 is 0 Å². The highest BCUT2D eigenvalue weighted by Gasteiger charge is 2.42. The number of anilines is 1. The number of pyridine rings is 1. The lowest BCUT2D eigenvalue weighted by atomic mass is 9.71. The second-order valence-corrected chi connectivity index (χ2v) is 10.0. The predicted octanol–water partition coefficient (Wildman–Crippen LogP) is 5.42. The van der Waals surface area contributed by atoms with Crippen molar-refractivity contribution in [3.05, 3.63) is 100 Å². The first kappa shape index (κ1) is 27.0. The number of carbonyl (C=O) groups is 2. The van der Waals surface area contributed by atoms with E-state index in [1.165, 1.54) is 14.2 Å². The molecule has 2 atom stereocenters. The van der Waals surface area contributed by atoms with Crippen LogP contribution in [0, 0.1) is 6.92 Å². The minimum atomic E-state index is -0.694. The number of dihydropyridines is 1. The summed E-state index contributed by atoms with van der Waals surface area (Å²) >= 11 is 0. The fourth-order valence-corrected chi connectivity index (χ4v) is 5.69. The van der Waals surface area contributed by atoms with Gasteiger partial charge in [0.15, 0.2) is 17.3 Å². The third-order valence-corrected chi connectivity index (χ3v) is 7.54. The van der Waals surface area contributed by atoms with Crippen LogP contribution in [0.2, 0.25) is 0 Å². The number of Topliss-reactive ketones (excluding diaryl/α,β-unsaturated/α-hetero) is 1. The Kier molecular flexibility index (Phi) is 7.60. The Morgan fingerprint density at radius 1 is 0.925 bits per heavy atom. The van der Waals surface area contributed by atoms with Gasteiger partial charge in [-0.05, 0) is 49.4 Å². The molecular formula is C32H33N3O5. The van der Waals surface area contributed by atoms with Gasteiger partial charge in [-0.2, -0.15) is 0 Å². The summed E-state index contributed by atoms with van der Waals surface area (Å²) in [4.78, 5) is 32.2. The highest BCUT2D eigenvalue weighted by atomic mass is 16.5. The van der Waals surface area contributed by atoms with Crippen LogP contribution in [0.5, 0.6) is 17.2 Å². The molecule has 0 saturated carbocycles. The number of hydrogen-bond acceptors (Lipinski definition) is 7. The molecule has 0 bridgehead atoms. The van der Waals surface area contributed by atoms with Gasteiger partial charge >= 0.3 is 0 Å². The summed E-state index contributed by atoms with van der Waals surface area (Å²) in [6.07, 6.45) is 2.67. The van der Waals surface area contributed by atoms with E-state index in [1.807, 2.05) is 44.2 Å². The number of aromatic nitrogens is 1. The highest BCUT2D eigenvalue weighted by Crippen LogP contribution is 2.51. The van der Waals surface area contributed by atoms with E-state index in [9.17, 15) is 9.59 Å². The predicted molar refractivity (Wildman–Crippen MR) is 153 cm³/mol. The largest absolute Gasteiger partial charge is 0.493 e. The van der Waals surface area contributed by atoms with E-state index < -0.39 is 5.92 Å². The molecular weight excluding hydrogens is 506 g/mol. The van der Waals surface area contributed by atoms with Gasteiger partial charge in [0.05, 0.1) is 27.2 Å². The van der Waals surface area contributed by atoms with Gasteiger partial charge in [0.2, 0.25) is 5.75 Å². The van der Waals surface area contributed by atoms with E-state index in [2.05, 4.69) is 27.8 Å². The molecule has 1 aromatic heterocycles. The quantitative estimate of drug-likeness (QED) is 0.414. The maximum absolute atomic E-state index is 14.0. The van der Waals surface area contributed by atoms with Crippen LogP contribution in [0.4, 0.5) is 5.82 Å². The normalized spacial score (nSPS) is 18.6. The third kappa shape index (κ3) is 4.93. The number of ether oxygens (including phenoxy) is 3. The zero-order chi connectivity index (χ0) is 28.4. The first-order valence-corrected chi connectivity index (χ1v) is 13.2. The molecule has 40 heavy (non-hydrogen) atoms. The topological polar surface area (TPSA) is 98.8 Å². The summed E-state index contributed by atoms with van der Waals surface area (Å²) in [5.41, 5.74) is 5.18. The van der Waals surface area contributed by atoms with Crippen LogP contribution in [0.1, 0.15) is 48.3 Å². The van der Waals surface area contributed by atoms with Gasteiger partial charge in [-0.15, -0.1) is 0 Å². The molecule has 0 fully saturated rings. The standard InChI is InChI=1S/C32H33N3O5/c1-18-11-14-26(33-17-18)35-32(37)27-19(2)34-23-15-21(20-9-7-6-8-10-20)16-24(36)29(23)28(27)22-12-13-25(38-3)31(40-5)30(22)39-4/h6-14,17,21,28,34H,15-16H2,1-5H3,(H,33,35,37). The maximum atomic E-state index is 14.0. The molecule has 1 aliphatic heterocycles. The number of hydrogen-bond donors (Lipinski definition) is 2. The van der Waals surface area contributed by atoms with E-state index in [0.29, 0.717) is 58.3 Å². The Morgan fingerprint density at radius 3 is 2.33 bits per heavy atom. The number of allylic oxidation sites excluding steroid dienone is 3. The fourth-order valence-electron chi connectivity index (χ4n) is 5.69. The molecule has 0 saturated heterocycles. The number of benzene rings is 2. The average Bonchev–Trinajstić information content (AvgIpc) is 2.96. The van der Waals surface area contributed by atoms with Gasteiger partial charge in [-0.1, -0.05) is 42.5 Å². The van der Waals surface area contributed by atoms with Crippen molar-refractivity contribution in [2.24, 2.45) is 0 Å². The molecule has 0 spiro atoms. The van der Waals surface area contributed by atoms with E-state index in [1.54, 1.807) is 25.4 Å². The van der Waals surface area contributed by atoms with Crippen molar-refractivity contribution >= 4 is 17.5 Å². The first-order chi connectivity index (χ1) is 19.4. The van der Waals surface area contributed by atoms with Gasteiger partial charge in [0, 0.05) is 40.7 Å². The lowest BCUT2D eigenvalue weighted by Crippen LogP contribution is -2.37. The van der Waals surface area contributed by atoms with Crippen molar-refractivity contribution in [1.82, 2.24) is 10.3 Å². The monoisotopic (exact) mass is 539 g/mol. The Bertz CT molecular complexity index is 1510. The van der Waals surface area contributed by atoms with Crippen LogP contribution < -0.4 is 24.8 Å². The van der Waals surface area contributed by atoms with Gasteiger partial charge in [-0.3, -0.25) is 9.59 Å².